The molecule has 0 amide bonds. The van der Waals surface area contributed by atoms with Crippen LogP contribution >= 0.6 is 0 Å². The highest BCUT2D eigenvalue weighted by molar-refractivity contribution is 5.27. The van der Waals surface area contributed by atoms with Crippen molar-refractivity contribution in [3.05, 3.63) is 29.8 Å². The molecule has 0 radical (unpaired) electrons. The van der Waals surface area contributed by atoms with Crippen LogP contribution in [0.4, 0.5) is 0 Å². The van der Waals surface area contributed by atoms with E-state index < -0.39 is 0 Å². The van der Waals surface area contributed by atoms with Crippen LogP contribution in [0.25, 0.3) is 0 Å². The molecule has 1 saturated carbocycles. The predicted octanol–water partition coefficient (Wildman–Crippen LogP) is 3.38. The number of rotatable bonds is 10. The van der Waals surface area contributed by atoms with E-state index in [0.717, 1.165) is 31.4 Å². The van der Waals surface area contributed by atoms with Gasteiger partial charge in [0.25, 0.3) is 0 Å². The first-order valence-corrected chi connectivity index (χ1v) is 7.88. The number of benzene rings is 1. The molecule has 1 aliphatic rings. The van der Waals surface area contributed by atoms with E-state index in [-0.39, 0.29) is 0 Å². The molecule has 0 aliphatic heterocycles. The molecule has 0 bridgehead atoms. The Bertz CT molecular complexity index is 360. The highest BCUT2D eigenvalue weighted by Gasteiger charge is 2.16. The molecule has 3 nitrogen and oxygen atoms in total. The lowest BCUT2D eigenvalue weighted by Crippen LogP contribution is -2.15. The van der Waals surface area contributed by atoms with Gasteiger partial charge in [-0.05, 0) is 36.6 Å². The fourth-order valence-corrected chi connectivity index (χ4v) is 2.32. The Morgan fingerprint density at radius 1 is 1.10 bits per heavy atom. The molecule has 0 saturated heterocycles. The van der Waals surface area contributed by atoms with Gasteiger partial charge < -0.3 is 14.8 Å². The Morgan fingerprint density at radius 2 is 1.90 bits per heavy atom. The number of ether oxygens (including phenoxy) is 2. The Labute approximate surface area is 122 Å². The summed E-state index contributed by atoms with van der Waals surface area (Å²) in [6.07, 6.45) is 5.44. The average molecular weight is 277 g/mol. The molecular weight excluding hydrogens is 250 g/mol. The van der Waals surface area contributed by atoms with Crippen molar-refractivity contribution in [1.82, 2.24) is 5.32 Å². The quantitative estimate of drug-likeness (QED) is 0.665. The molecule has 0 spiro atoms. The van der Waals surface area contributed by atoms with Crippen molar-refractivity contribution < 1.29 is 9.47 Å². The van der Waals surface area contributed by atoms with E-state index in [1.807, 2.05) is 12.1 Å². The Morgan fingerprint density at radius 3 is 2.55 bits per heavy atom. The molecule has 1 aromatic rings. The van der Waals surface area contributed by atoms with E-state index in [2.05, 4.69) is 24.4 Å². The maximum atomic E-state index is 5.67. The summed E-state index contributed by atoms with van der Waals surface area (Å²) in [7, 11) is 0. The van der Waals surface area contributed by atoms with Crippen LogP contribution in [0.2, 0.25) is 0 Å². The minimum atomic E-state index is 0.636. The smallest absolute Gasteiger partial charge is 0.119 e. The van der Waals surface area contributed by atoms with Crippen LogP contribution < -0.4 is 10.1 Å². The monoisotopic (exact) mass is 277 g/mol. The number of hydrogen-bond donors (Lipinski definition) is 1. The van der Waals surface area contributed by atoms with Crippen LogP contribution in [0.5, 0.6) is 5.75 Å². The summed E-state index contributed by atoms with van der Waals surface area (Å²) in [4.78, 5) is 0. The Hall–Kier alpha value is -1.06. The number of hydrogen-bond acceptors (Lipinski definition) is 3. The number of nitrogens with one attached hydrogen (secondary N) is 1. The molecule has 112 valence electrons. The van der Waals surface area contributed by atoms with Crippen molar-refractivity contribution in [2.24, 2.45) is 5.92 Å². The largest absolute Gasteiger partial charge is 0.491 e. The molecule has 3 heteroatoms. The third-order valence-corrected chi connectivity index (χ3v) is 3.89. The van der Waals surface area contributed by atoms with E-state index in [4.69, 9.17) is 9.47 Å². The van der Waals surface area contributed by atoms with Crippen molar-refractivity contribution >= 4 is 0 Å². The maximum absolute atomic E-state index is 5.67. The first kappa shape index (κ1) is 15.3. The van der Waals surface area contributed by atoms with E-state index >= 15 is 0 Å². The van der Waals surface area contributed by atoms with Crippen molar-refractivity contribution in [1.29, 1.82) is 0 Å². The van der Waals surface area contributed by atoms with Gasteiger partial charge in [-0.25, -0.2) is 0 Å². The lowest BCUT2D eigenvalue weighted by atomic mass is 9.83. The van der Waals surface area contributed by atoms with Gasteiger partial charge in [0.05, 0.1) is 6.61 Å². The minimum Gasteiger partial charge on any atom is -0.491 e. The zero-order valence-corrected chi connectivity index (χ0v) is 12.6. The normalized spacial score (nSPS) is 15.1. The summed E-state index contributed by atoms with van der Waals surface area (Å²) in [5.41, 5.74) is 1.29. The van der Waals surface area contributed by atoms with Gasteiger partial charge >= 0.3 is 0 Å². The van der Waals surface area contributed by atoms with Crippen LogP contribution in [0.1, 0.15) is 38.2 Å². The average Bonchev–Trinajstić information content (AvgIpc) is 2.43. The lowest BCUT2D eigenvalue weighted by Gasteiger charge is -2.24. The van der Waals surface area contributed by atoms with E-state index in [9.17, 15) is 0 Å². The van der Waals surface area contributed by atoms with E-state index in [1.165, 1.54) is 31.2 Å². The van der Waals surface area contributed by atoms with Crippen molar-refractivity contribution in [3.63, 3.8) is 0 Å². The highest BCUT2D eigenvalue weighted by atomic mass is 16.5. The fraction of sp³-hybridized carbons (Fsp3) is 0.647. The van der Waals surface area contributed by atoms with Crippen LogP contribution in [0.15, 0.2) is 24.3 Å². The van der Waals surface area contributed by atoms with Crippen LogP contribution in [0, 0.1) is 5.92 Å². The summed E-state index contributed by atoms with van der Waals surface area (Å²) in [5, 5.41) is 3.31. The molecule has 1 N–H and O–H groups in total. The first-order chi connectivity index (χ1) is 9.88. The van der Waals surface area contributed by atoms with Gasteiger partial charge in [-0.15, -0.1) is 0 Å². The summed E-state index contributed by atoms with van der Waals surface area (Å²) in [6.45, 7) is 6.23. The molecule has 2 rings (SSSR count). The SMILES string of the molecule is CCNCc1ccc(OCCOCCC2CCC2)cc1. The molecule has 20 heavy (non-hydrogen) atoms. The van der Waals surface area contributed by atoms with Crippen LogP contribution in [-0.4, -0.2) is 26.4 Å². The van der Waals surface area contributed by atoms with Crippen molar-refractivity contribution in [3.8, 4) is 5.75 Å². The second kappa shape index (κ2) is 8.98. The lowest BCUT2D eigenvalue weighted by molar-refractivity contribution is 0.0812. The first-order valence-electron chi connectivity index (χ1n) is 7.88. The van der Waals surface area contributed by atoms with Gasteiger partial charge in [-0.1, -0.05) is 38.3 Å². The second-order valence-corrected chi connectivity index (χ2v) is 5.47. The molecular formula is C17H27NO2. The fourth-order valence-electron chi connectivity index (χ4n) is 2.32. The van der Waals surface area contributed by atoms with Gasteiger partial charge in [0.2, 0.25) is 0 Å². The van der Waals surface area contributed by atoms with Crippen molar-refractivity contribution in [2.75, 3.05) is 26.4 Å². The van der Waals surface area contributed by atoms with E-state index in [0.29, 0.717) is 13.2 Å². The van der Waals surface area contributed by atoms with E-state index in [1.54, 1.807) is 0 Å². The zero-order chi connectivity index (χ0) is 14.0. The third-order valence-electron chi connectivity index (χ3n) is 3.89. The summed E-state index contributed by atoms with van der Waals surface area (Å²) >= 11 is 0. The van der Waals surface area contributed by atoms with Gasteiger partial charge in [0.1, 0.15) is 12.4 Å². The highest BCUT2D eigenvalue weighted by Crippen LogP contribution is 2.29. The van der Waals surface area contributed by atoms with Crippen LogP contribution in [0.3, 0.4) is 0 Å². The van der Waals surface area contributed by atoms with Gasteiger partial charge in [0, 0.05) is 13.2 Å². The van der Waals surface area contributed by atoms with Crippen molar-refractivity contribution in [2.45, 2.75) is 39.2 Å². The molecule has 0 atom stereocenters. The minimum absolute atomic E-state index is 0.636. The molecule has 1 aliphatic carbocycles. The second-order valence-electron chi connectivity index (χ2n) is 5.47. The molecule has 0 unspecified atom stereocenters. The van der Waals surface area contributed by atoms with Gasteiger partial charge in [-0.3, -0.25) is 0 Å². The summed E-state index contributed by atoms with van der Waals surface area (Å²) in [6, 6.07) is 8.27. The summed E-state index contributed by atoms with van der Waals surface area (Å²) in [5.74, 6) is 1.85. The Balaban J connectivity index is 1.52. The van der Waals surface area contributed by atoms with Gasteiger partial charge in [-0.2, -0.15) is 0 Å². The standard InChI is InChI=1S/C17H27NO2/c1-2-18-14-16-6-8-17(9-7-16)20-13-12-19-11-10-15-4-3-5-15/h6-9,15,18H,2-5,10-14H2,1H3. The predicted molar refractivity (Wildman–Crippen MR) is 82.1 cm³/mol. The Kier molecular flexibility index (Phi) is 6.89. The summed E-state index contributed by atoms with van der Waals surface area (Å²) < 4.78 is 11.3. The molecule has 1 aromatic carbocycles. The van der Waals surface area contributed by atoms with Crippen LogP contribution in [-0.2, 0) is 11.3 Å². The topological polar surface area (TPSA) is 30.5 Å². The maximum Gasteiger partial charge on any atom is 0.119 e. The zero-order valence-electron chi connectivity index (χ0n) is 12.6. The molecule has 1 fully saturated rings. The van der Waals surface area contributed by atoms with Gasteiger partial charge in [0.15, 0.2) is 0 Å². The molecule has 0 aromatic heterocycles. The molecule has 0 heterocycles. The third kappa shape index (κ3) is 5.51.